The van der Waals surface area contributed by atoms with Crippen LogP contribution < -0.4 is 0 Å². The highest BCUT2D eigenvalue weighted by Gasteiger charge is 2.25. The number of ether oxygens (including phenoxy) is 1. The van der Waals surface area contributed by atoms with E-state index in [0.717, 1.165) is 6.07 Å². The molecule has 1 heterocycles. The van der Waals surface area contributed by atoms with Crippen molar-refractivity contribution in [1.29, 1.82) is 0 Å². The topological polar surface area (TPSA) is 44.1 Å². The number of benzene rings is 2. The van der Waals surface area contributed by atoms with Crippen molar-refractivity contribution in [2.45, 2.75) is 19.6 Å². The minimum absolute atomic E-state index is 0.0356. The summed E-state index contributed by atoms with van der Waals surface area (Å²) >= 11 is 3.13. The second-order valence-corrected chi connectivity index (χ2v) is 6.13. The molecular formula is C17H12BrF3N2O2. The molecule has 1 aromatic heterocycles. The Bertz CT molecular complexity index is 943. The predicted octanol–water partition coefficient (Wildman–Crippen LogP) is 5.25. The van der Waals surface area contributed by atoms with Gasteiger partial charge >= 0.3 is 12.5 Å². The van der Waals surface area contributed by atoms with E-state index in [1.165, 1.54) is 25.1 Å². The van der Waals surface area contributed by atoms with Crippen LogP contribution in [-0.2, 0) is 4.74 Å². The van der Waals surface area contributed by atoms with Crippen LogP contribution in [-0.4, -0.2) is 15.5 Å². The summed E-state index contributed by atoms with van der Waals surface area (Å²) in [7, 11) is 0. The number of nitrogens with zero attached hydrogens (tertiary/aromatic N) is 2. The minimum Gasteiger partial charge on any atom is -0.451 e. The van der Waals surface area contributed by atoms with Gasteiger partial charge < -0.3 is 4.74 Å². The van der Waals surface area contributed by atoms with E-state index in [9.17, 15) is 18.0 Å². The number of hydrogen-bond donors (Lipinski definition) is 0. The number of hydrogen-bond acceptors (Lipinski definition) is 3. The highest BCUT2D eigenvalue weighted by atomic mass is 79.9. The zero-order valence-electron chi connectivity index (χ0n) is 12.9. The van der Waals surface area contributed by atoms with Crippen LogP contribution in [0.15, 0.2) is 46.9 Å². The van der Waals surface area contributed by atoms with E-state index in [4.69, 9.17) is 4.74 Å². The molecule has 1 unspecified atom stereocenters. The van der Waals surface area contributed by atoms with E-state index in [1.54, 1.807) is 18.2 Å². The van der Waals surface area contributed by atoms with Crippen molar-refractivity contribution >= 4 is 32.9 Å². The van der Waals surface area contributed by atoms with Crippen LogP contribution in [0.25, 0.3) is 11.0 Å². The number of alkyl halides is 2. The molecule has 3 rings (SSSR count). The van der Waals surface area contributed by atoms with Gasteiger partial charge in [0, 0.05) is 4.47 Å². The molecule has 0 aliphatic heterocycles. The number of aromatic nitrogens is 2. The highest BCUT2D eigenvalue weighted by Crippen LogP contribution is 2.29. The maximum absolute atomic E-state index is 13.5. The van der Waals surface area contributed by atoms with Gasteiger partial charge in [0.25, 0.3) is 0 Å². The molecule has 0 saturated heterocycles. The van der Waals surface area contributed by atoms with E-state index in [-0.39, 0.29) is 16.9 Å². The van der Waals surface area contributed by atoms with Gasteiger partial charge in [-0.1, -0.05) is 12.1 Å². The fourth-order valence-electron chi connectivity index (χ4n) is 2.49. The van der Waals surface area contributed by atoms with E-state index in [0.29, 0.717) is 14.6 Å². The molecule has 0 aliphatic carbocycles. The van der Waals surface area contributed by atoms with Crippen LogP contribution in [0, 0.1) is 5.82 Å². The van der Waals surface area contributed by atoms with Crippen molar-refractivity contribution in [2.75, 3.05) is 0 Å². The lowest BCUT2D eigenvalue weighted by Gasteiger charge is -2.15. The molecule has 0 saturated carbocycles. The summed E-state index contributed by atoms with van der Waals surface area (Å²) in [6.07, 6.45) is -1.05. The summed E-state index contributed by atoms with van der Waals surface area (Å²) in [5.41, 5.74) is 0.571. The van der Waals surface area contributed by atoms with Gasteiger partial charge in [0.15, 0.2) is 11.9 Å². The lowest BCUT2D eigenvalue weighted by Crippen LogP contribution is -2.15. The Morgan fingerprint density at radius 1 is 1.24 bits per heavy atom. The lowest BCUT2D eigenvalue weighted by atomic mass is 10.2. The Kier molecular flexibility index (Phi) is 4.80. The van der Waals surface area contributed by atoms with E-state index in [1.807, 2.05) is 0 Å². The van der Waals surface area contributed by atoms with Gasteiger partial charge in [-0.05, 0) is 53.2 Å². The monoisotopic (exact) mass is 412 g/mol. The normalized spacial score (nSPS) is 12.6. The number of esters is 1. The van der Waals surface area contributed by atoms with Crippen LogP contribution in [0.5, 0.6) is 0 Å². The summed E-state index contributed by atoms with van der Waals surface area (Å²) in [6.45, 7) is -1.41. The van der Waals surface area contributed by atoms with Crippen molar-refractivity contribution < 1.29 is 22.7 Å². The molecule has 0 fully saturated rings. The zero-order valence-corrected chi connectivity index (χ0v) is 14.5. The third-order valence-corrected chi connectivity index (χ3v) is 4.31. The number of imidazole rings is 1. The van der Waals surface area contributed by atoms with Crippen molar-refractivity contribution in [3.63, 3.8) is 0 Å². The zero-order chi connectivity index (χ0) is 18.1. The van der Waals surface area contributed by atoms with Crippen LogP contribution in [0.3, 0.4) is 0 Å². The van der Waals surface area contributed by atoms with Crippen molar-refractivity contribution in [2.24, 2.45) is 0 Å². The van der Waals surface area contributed by atoms with Crippen molar-refractivity contribution in [3.8, 4) is 0 Å². The van der Waals surface area contributed by atoms with Gasteiger partial charge in [0.05, 0.1) is 16.6 Å². The summed E-state index contributed by atoms with van der Waals surface area (Å²) in [5, 5.41) is 0. The van der Waals surface area contributed by atoms with Gasteiger partial charge in [0.1, 0.15) is 5.82 Å². The number of rotatable bonds is 4. The largest absolute Gasteiger partial charge is 0.451 e. The molecule has 3 aromatic rings. The SMILES string of the molecule is CC(OC(=O)c1cc(F)ccc1Br)c1nc2ccccc2n1C(F)F. The summed E-state index contributed by atoms with van der Waals surface area (Å²) in [5.74, 6) is -1.54. The summed E-state index contributed by atoms with van der Waals surface area (Å²) in [4.78, 5) is 16.4. The Hall–Kier alpha value is -2.35. The fourth-order valence-corrected chi connectivity index (χ4v) is 2.89. The van der Waals surface area contributed by atoms with Crippen LogP contribution in [0.2, 0.25) is 0 Å². The molecule has 4 nitrogen and oxygen atoms in total. The second kappa shape index (κ2) is 6.87. The predicted molar refractivity (Wildman–Crippen MR) is 88.9 cm³/mol. The minimum atomic E-state index is -2.84. The first kappa shape index (κ1) is 17.5. The molecule has 1 atom stereocenters. The number of fused-ring (bicyclic) bond motifs is 1. The Morgan fingerprint density at radius 3 is 2.68 bits per heavy atom. The molecular weight excluding hydrogens is 401 g/mol. The standard InChI is InChI=1S/C17H12BrF3N2O2/c1-9(25-16(24)11-8-10(19)6-7-12(11)18)15-22-13-4-2-3-5-14(13)23(15)17(20)21/h2-9,17H,1H3. The van der Waals surface area contributed by atoms with Crippen molar-refractivity contribution in [1.82, 2.24) is 9.55 Å². The van der Waals surface area contributed by atoms with Crippen molar-refractivity contribution in [3.05, 3.63) is 64.1 Å². The third-order valence-electron chi connectivity index (χ3n) is 3.61. The molecule has 130 valence electrons. The van der Waals surface area contributed by atoms with Crippen LogP contribution >= 0.6 is 15.9 Å². The summed E-state index contributed by atoms with van der Waals surface area (Å²) < 4.78 is 46.5. The van der Waals surface area contributed by atoms with Gasteiger partial charge in [0.2, 0.25) is 0 Å². The first-order chi connectivity index (χ1) is 11.9. The molecule has 0 bridgehead atoms. The number of para-hydroxylation sites is 2. The second-order valence-electron chi connectivity index (χ2n) is 5.28. The van der Waals surface area contributed by atoms with Crippen LogP contribution in [0.1, 0.15) is 35.8 Å². The van der Waals surface area contributed by atoms with Crippen LogP contribution in [0.4, 0.5) is 13.2 Å². The molecule has 0 spiro atoms. The van der Waals surface area contributed by atoms with Gasteiger partial charge in [-0.2, -0.15) is 8.78 Å². The molecule has 0 amide bonds. The first-order valence-corrected chi connectivity index (χ1v) is 8.09. The van der Waals surface area contributed by atoms with Gasteiger partial charge in [-0.15, -0.1) is 0 Å². The molecule has 0 N–H and O–H groups in total. The average Bonchev–Trinajstić information content (AvgIpc) is 2.96. The third kappa shape index (κ3) is 3.39. The summed E-state index contributed by atoms with van der Waals surface area (Å²) in [6, 6.07) is 9.95. The first-order valence-electron chi connectivity index (χ1n) is 7.29. The quantitative estimate of drug-likeness (QED) is 0.549. The Balaban J connectivity index is 1.94. The number of halogens is 4. The highest BCUT2D eigenvalue weighted by molar-refractivity contribution is 9.10. The maximum Gasteiger partial charge on any atom is 0.340 e. The van der Waals surface area contributed by atoms with E-state index >= 15 is 0 Å². The molecule has 0 aliphatic rings. The smallest absolute Gasteiger partial charge is 0.340 e. The molecule has 8 heteroatoms. The Labute approximate surface area is 149 Å². The maximum atomic E-state index is 13.5. The average molecular weight is 413 g/mol. The lowest BCUT2D eigenvalue weighted by molar-refractivity contribution is 0.0232. The molecule has 2 aromatic carbocycles. The Morgan fingerprint density at radius 2 is 1.96 bits per heavy atom. The number of carbonyl (C=O) groups is 1. The molecule has 0 radical (unpaired) electrons. The molecule has 25 heavy (non-hydrogen) atoms. The number of carbonyl (C=O) groups excluding carboxylic acids is 1. The van der Waals surface area contributed by atoms with Gasteiger partial charge in [-0.25, -0.2) is 14.2 Å². The van der Waals surface area contributed by atoms with E-state index in [2.05, 4.69) is 20.9 Å². The fraction of sp³-hybridized carbons (Fsp3) is 0.176. The van der Waals surface area contributed by atoms with E-state index < -0.39 is 24.4 Å². The van der Waals surface area contributed by atoms with Gasteiger partial charge in [-0.3, -0.25) is 4.57 Å².